The van der Waals surface area contributed by atoms with Crippen LogP contribution in [0.1, 0.15) is 32.9 Å². The van der Waals surface area contributed by atoms with Gasteiger partial charge in [-0.1, -0.05) is 42.0 Å². The highest BCUT2D eigenvalue weighted by Gasteiger charge is 2.17. The maximum Gasteiger partial charge on any atom is 0.261 e. The summed E-state index contributed by atoms with van der Waals surface area (Å²) in [6.07, 6.45) is 3.27. The van der Waals surface area contributed by atoms with Gasteiger partial charge < -0.3 is 5.32 Å². The van der Waals surface area contributed by atoms with E-state index < -0.39 is 0 Å². The molecule has 0 aliphatic heterocycles. The number of aromatic nitrogens is 5. The Kier molecular flexibility index (Phi) is 5.75. The first-order chi connectivity index (χ1) is 16.4. The summed E-state index contributed by atoms with van der Waals surface area (Å²) in [7, 11) is 0. The number of nitrogens with one attached hydrogen (secondary N) is 1. The zero-order valence-corrected chi connectivity index (χ0v) is 20.7. The van der Waals surface area contributed by atoms with Gasteiger partial charge in [0.2, 0.25) is 0 Å². The summed E-state index contributed by atoms with van der Waals surface area (Å²) >= 11 is 3.57. The summed E-state index contributed by atoms with van der Waals surface area (Å²) in [5, 5.41) is 12.0. The molecule has 34 heavy (non-hydrogen) atoms. The van der Waals surface area contributed by atoms with E-state index in [2.05, 4.69) is 48.6 Å². The molecule has 0 atom stereocenters. The van der Waals surface area contributed by atoms with Gasteiger partial charge in [-0.15, -0.1) is 0 Å². The number of carbonyl (C=O) groups excluding carboxylic acids is 1. The second kappa shape index (κ2) is 8.87. The lowest BCUT2D eigenvalue weighted by Gasteiger charge is -2.09. The third-order valence-electron chi connectivity index (χ3n) is 5.80. The van der Waals surface area contributed by atoms with Crippen LogP contribution in [0, 0.1) is 20.8 Å². The van der Waals surface area contributed by atoms with Crippen molar-refractivity contribution in [2.75, 3.05) is 5.32 Å². The predicted molar refractivity (Wildman–Crippen MR) is 136 cm³/mol. The molecule has 0 saturated heterocycles. The fourth-order valence-corrected chi connectivity index (χ4v) is 4.23. The third kappa shape index (κ3) is 4.12. The Balaban J connectivity index is 1.40. The topological polar surface area (TPSA) is 77.1 Å². The number of nitrogens with zero attached hydrogens (tertiary/aromatic N) is 5. The summed E-state index contributed by atoms with van der Waals surface area (Å²) in [5.41, 5.74) is 7.76. The zero-order chi connectivity index (χ0) is 23.8. The largest absolute Gasteiger partial charge is 0.322 e. The molecule has 0 unspecified atom stereocenters. The number of amides is 1. The van der Waals surface area contributed by atoms with Gasteiger partial charge in [-0.25, -0.2) is 9.50 Å². The molecular weight excluding hydrogens is 492 g/mol. The SMILES string of the molecule is Cc1ccc(-c2ccnc3c(C(=O)Nc4cccc(Cn5nc(C)c(Br)c5C)c4)cnn23)cc1. The van der Waals surface area contributed by atoms with Crippen LogP contribution in [0.25, 0.3) is 16.9 Å². The van der Waals surface area contributed by atoms with Gasteiger partial charge in [-0.2, -0.15) is 10.2 Å². The number of anilines is 1. The van der Waals surface area contributed by atoms with Crippen LogP contribution < -0.4 is 5.32 Å². The van der Waals surface area contributed by atoms with Crippen molar-refractivity contribution in [2.24, 2.45) is 0 Å². The Bertz CT molecular complexity index is 1520. The number of fused-ring (bicyclic) bond motifs is 1. The van der Waals surface area contributed by atoms with Crippen LogP contribution in [0.5, 0.6) is 0 Å². The van der Waals surface area contributed by atoms with Crippen LogP contribution in [-0.4, -0.2) is 30.3 Å². The number of aryl methyl sites for hydroxylation is 2. The summed E-state index contributed by atoms with van der Waals surface area (Å²) in [5.74, 6) is -0.255. The molecule has 5 rings (SSSR count). The number of benzene rings is 2. The molecule has 2 aromatic carbocycles. The van der Waals surface area contributed by atoms with Crippen LogP contribution in [0.2, 0.25) is 0 Å². The highest BCUT2D eigenvalue weighted by molar-refractivity contribution is 9.10. The fourth-order valence-electron chi connectivity index (χ4n) is 3.94. The van der Waals surface area contributed by atoms with Crippen LogP contribution >= 0.6 is 15.9 Å². The second-order valence-corrected chi connectivity index (χ2v) is 9.08. The average molecular weight is 515 g/mol. The minimum absolute atomic E-state index is 0.255. The standard InChI is InChI=1S/C26H23BrN6O/c1-16-7-9-20(10-8-16)23-11-12-28-25-22(14-29-33(23)25)26(34)30-21-6-4-5-19(13-21)15-32-18(3)24(27)17(2)31-32/h4-14H,15H2,1-3H3,(H,30,34). The van der Waals surface area contributed by atoms with Crippen molar-refractivity contribution in [3.63, 3.8) is 0 Å². The molecule has 0 bridgehead atoms. The van der Waals surface area contributed by atoms with Crippen molar-refractivity contribution in [1.82, 2.24) is 24.4 Å². The minimum Gasteiger partial charge on any atom is -0.322 e. The maximum absolute atomic E-state index is 13.1. The van der Waals surface area contributed by atoms with Gasteiger partial charge in [0.25, 0.3) is 5.91 Å². The Hall–Kier alpha value is -3.78. The Labute approximate surface area is 205 Å². The molecule has 5 aromatic rings. The van der Waals surface area contributed by atoms with Crippen molar-refractivity contribution in [3.05, 3.63) is 99.5 Å². The number of carbonyl (C=O) groups is 1. The van der Waals surface area contributed by atoms with Gasteiger partial charge >= 0.3 is 0 Å². The van der Waals surface area contributed by atoms with Gasteiger partial charge in [0.05, 0.1) is 34.3 Å². The van der Waals surface area contributed by atoms with E-state index in [0.29, 0.717) is 23.4 Å². The van der Waals surface area contributed by atoms with Crippen LogP contribution in [0.3, 0.4) is 0 Å². The molecule has 7 nitrogen and oxygen atoms in total. The Morgan fingerprint density at radius 2 is 1.85 bits per heavy atom. The first kappa shape index (κ1) is 22.0. The smallest absolute Gasteiger partial charge is 0.261 e. The summed E-state index contributed by atoms with van der Waals surface area (Å²) < 4.78 is 4.67. The first-order valence-corrected chi connectivity index (χ1v) is 11.7. The average Bonchev–Trinajstić information content (AvgIpc) is 3.37. The van der Waals surface area contributed by atoms with E-state index in [9.17, 15) is 4.79 Å². The molecular formula is C26H23BrN6O. The van der Waals surface area contributed by atoms with E-state index in [0.717, 1.165) is 32.7 Å². The molecule has 3 heterocycles. The second-order valence-electron chi connectivity index (χ2n) is 8.29. The molecule has 1 amide bonds. The molecule has 170 valence electrons. The molecule has 0 aliphatic carbocycles. The van der Waals surface area contributed by atoms with Crippen LogP contribution in [0.15, 0.2) is 71.5 Å². The quantitative estimate of drug-likeness (QED) is 0.332. The molecule has 0 fully saturated rings. The number of hydrogen-bond acceptors (Lipinski definition) is 4. The van der Waals surface area contributed by atoms with Crippen molar-refractivity contribution in [2.45, 2.75) is 27.3 Å². The van der Waals surface area contributed by atoms with Gasteiger partial charge in [-0.05, 0) is 60.5 Å². The Morgan fingerprint density at radius 1 is 1.06 bits per heavy atom. The molecule has 8 heteroatoms. The number of halogens is 1. The lowest BCUT2D eigenvalue weighted by Crippen LogP contribution is -2.12. The summed E-state index contributed by atoms with van der Waals surface area (Å²) in [6, 6.07) is 17.9. The molecule has 0 aliphatic rings. The lowest BCUT2D eigenvalue weighted by atomic mass is 10.1. The van der Waals surface area contributed by atoms with Crippen LogP contribution in [-0.2, 0) is 6.54 Å². The van der Waals surface area contributed by atoms with E-state index in [1.54, 1.807) is 16.9 Å². The number of hydrogen-bond donors (Lipinski definition) is 1. The first-order valence-electron chi connectivity index (χ1n) is 10.9. The van der Waals surface area contributed by atoms with Gasteiger partial charge in [-0.3, -0.25) is 9.48 Å². The molecule has 3 aromatic heterocycles. The maximum atomic E-state index is 13.1. The van der Waals surface area contributed by atoms with Gasteiger partial charge in [0.1, 0.15) is 5.56 Å². The highest BCUT2D eigenvalue weighted by atomic mass is 79.9. The zero-order valence-electron chi connectivity index (χ0n) is 19.1. The van der Waals surface area contributed by atoms with Crippen molar-refractivity contribution in [3.8, 4) is 11.3 Å². The van der Waals surface area contributed by atoms with Gasteiger partial charge in [0, 0.05) is 17.4 Å². The molecule has 0 radical (unpaired) electrons. The predicted octanol–water partition coefficient (Wildman–Crippen LogP) is 5.58. The highest BCUT2D eigenvalue weighted by Crippen LogP contribution is 2.23. The molecule has 1 N–H and O–H groups in total. The van der Waals surface area contributed by atoms with E-state index in [1.165, 1.54) is 5.56 Å². The van der Waals surface area contributed by atoms with E-state index >= 15 is 0 Å². The van der Waals surface area contributed by atoms with E-state index in [1.807, 2.05) is 67.9 Å². The van der Waals surface area contributed by atoms with Crippen molar-refractivity contribution < 1.29 is 4.79 Å². The summed E-state index contributed by atoms with van der Waals surface area (Å²) in [6.45, 7) is 6.66. The van der Waals surface area contributed by atoms with Gasteiger partial charge in [0.15, 0.2) is 5.65 Å². The molecule has 0 spiro atoms. The molecule has 0 saturated carbocycles. The van der Waals surface area contributed by atoms with E-state index in [-0.39, 0.29) is 5.91 Å². The number of rotatable bonds is 5. The third-order valence-corrected chi connectivity index (χ3v) is 6.95. The van der Waals surface area contributed by atoms with E-state index in [4.69, 9.17) is 0 Å². The Morgan fingerprint density at radius 3 is 2.59 bits per heavy atom. The lowest BCUT2D eigenvalue weighted by molar-refractivity contribution is 0.102. The summed E-state index contributed by atoms with van der Waals surface area (Å²) in [4.78, 5) is 17.5. The minimum atomic E-state index is -0.255. The monoisotopic (exact) mass is 514 g/mol. The van der Waals surface area contributed by atoms with Crippen molar-refractivity contribution >= 4 is 33.2 Å². The van der Waals surface area contributed by atoms with Crippen molar-refractivity contribution in [1.29, 1.82) is 0 Å². The fraction of sp³-hybridized carbons (Fsp3) is 0.154. The van der Waals surface area contributed by atoms with Crippen LogP contribution in [0.4, 0.5) is 5.69 Å². The normalized spacial score (nSPS) is 11.2.